The summed E-state index contributed by atoms with van der Waals surface area (Å²) in [6.45, 7) is 0.503. The van der Waals surface area contributed by atoms with Gasteiger partial charge in [0.05, 0.1) is 0 Å². The third kappa shape index (κ3) is 1.72. The largest absolute Gasteiger partial charge is 0.368 e. The van der Waals surface area contributed by atoms with Crippen LogP contribution in [-0.2, 0) is 4.79 Å². The summed E-state index contributed by atoms with van der Waals surface area (Å²) in [4.78, 5) is 18.6. The zero-order valence-corrected chi connectivity index (χ0v) is 7.65. The average molecular weight is 214 g/mol. The molecule has 80 valence electrons. The van der Waals surface area contributed by atoms with Gasteiger partial charge < -0.3 is 10.6 Å². The van der Waals surface area contributed by atoms with Gasteiger partial charge in [0.1, 0.15) is 11.9 Å². The summed E-state index contributed by atoms with van der Waals surface area (Å²) in [5.74, 6) is -1.44. The van der Waals surface area contributed by atoms with Gasteiger partial charge in [-0.1, -0.05) is 0 Å². The van der Waals surface area contributed by atoms with Crippen LogP contribution in [0.2, 0.25) is 0 Å². The molecule has 1 atom stereocenters. The number of aromatic nitrogens is 2. The molecule has 1 fully saturated rings. The number of primary amides is 1. The molecule has 1 amide bonds. The van der Waals surface area contributed by atoms with Crippen LogP contribution in [-0.4, -0.2) is 28.5 Å². The SMILES string of the molecule is NC(=O)C1CCN1c1cc(F)nc(F)n1. The van der Waals surface area contributed by atoms with Crippen molar-refractivity contribution in [1.82, 2.24) is 9.97 Å². The third-order valence-corrected chi connectivity index (χ3v) is 2.30. The maximum atomic E-state index is 12.7. The first-order valence-electron chi connectivity index (χ1n) is 4.34. The molecule has 0 bridgehead atoms. The fraction of sp³-hybridized carbons (Fsp3) is 0.375. The summed E-state index contributed by atoms with van der Waals surface area (Å²) >= 11 is 0. The van der Waals surface area contributed by atoms with Gasteiger partial charge >= 0.3 is 6.08 Å². The number of halogens is 2. The first kappa shape index (κ1) is 9.75. The molecule has 2 heterocycles. The second kappa shape index (κ2) is 3.41. The molecule has 5 nitrogen and oxygen atoms in total. The lowest BCUT2D eigenvalue weighted by Crippen LogP contribution is -2.55. The average Bonchev–Trinajstić information content (AvgIpc) is 1.97. The second-order valence-electron chi connectivity index (χ2n) is 3.22. The topological polar surface area (TPSA) is 72.1 Å². The van der Waals surface area contributed by atoms with Gasteiger partial charge in [0, 0.05) is 12.6 Å². The van der Waals surface area contributed by atoms with Crippen LogP contribution in [0.15, 0.2) is 6.07 Å². The molecule has 1 aliphatic heterocycles. The monoisotopic (exact) mass is 214 g/mol. The minimum Gasteiger partial charge on any atom is -0.368 e. The van der Waals surface area contributed by atoms with Crippen LogP contribution in [0.25, 0.3) is 0 Å². The van der Waals surface area contributed by atoms with Gasteiger partial charge in [-0.15, -0.1) is 0 Å². The first-order chi connectivity index (χ1) is 7.08. The van der Waals surface area contributed by atoms with Crippen LogP contribution in [0.5, 0.6) is 0 Å². The van der Waals surface area contributed by atoms with E-state index in [0.717, 1.165) is 6.07 Å². The van der Waals surface area contributed by atoms with E-state index in [-0.39, 0.29) is 5.82 Å². The van der Waals surface area contributed by atoms with Crippen molar-refractivity contribution in [2.75, 3.05) is 11.4 Å². The van der Waals surface area contributed by atoms with Crippen LogP contribution in [0.4, 0.5) is 14.6 Å². The van der Waals surface area contributed by atoms with Crippen molar-refractivity contribution in [2.45, 2.75) is 12.5 Å². The molecule has 7 heteroatoms. The fourth-order valence-corrected chi connectivity index (χ4v) is 1.48. The van der Waals surface area contributed by atoms with Gasteiger partial charge in [-0.25, -0.2) is 0 Å². The highest BCUT2D eigenvalue weighted by molar-refractivity contribution is 5.85. The minimum absolute atomic E-state index is 0.0510. The van der Waals surface area contributed by atoms with Crippen molar-refractivity contribution < 1.29 is 13.6 Å². The van der Waals surface area contributed by atoms with E-state index in [2.05, 4.69) is 9.97 Å². The van der Waals surface area contributed by atoms with Crippen molar-refractivity contribution in [3.63, 3.8) is 0 Å². The zero-order chi connectivity index (χ0) is 11.0. The van der Waals surface area contributed by atoms with E-state index in [1.54, 1.807) is 0 Å². The number of anilines is 1. The summed E-state index contributed by atoms with van der Waals surface area (Å²) in [7, 11) is 0. The van der Waals surface area contributed by atoms with Gasteiger partial charge in [0.25, 0.3) is 0 Å². The van der Waals surface area contributed by atoms with Gasteiger partial charge in [-0.2, -0.15) is 18.7 Å². The Hall–Kier alpha value is -1.79. The number of carbonyl (C=O) groups excluding carboxylic acids is 1. The van der Waals surface area contributed by atoms with Crippen LogP contribution in [0, 0.1) is 12.0 Å². The Morgan fingerprint density at radius 1 is 1.53 bits per heavy atom. The molecule has 1 saturated heterocycles. The number of amides is 1. The molecule has 0 aromatic carbocycles. The van der Waals surface area contributed by atoms with Crippen LogP contribution in [0.3, 0.4) is 0 Å². The van der Waals surface area contributed by atoms with E-state index >= 15 is 0 Å². The zero-order valence-electron chi connectivity index (χ0n) is 7.65. The van der Waals surface area contributed by atoms with Gasteiger partial charge in [0.15, 0.2) is 0 Å². The predicted octanol–water partition coefficient (Wildman–Crippen LogP) is -0.181. The number of hydrogen-bond donors (Lipinski definition) is 1. The molecular weight excluding hydrogens is 206 g/mol. The van der Waals surface area contributed by atoms with Gasteiger partial charge in [-0.05, 0) is 6.42 Å². The summed E-state index contributed by atoms with van der Waals surface area (Å²) < 4.78 is 25.4. The molecule has 1 aliphatic rings. The highest BCUT2D eigenvalue weighted by Gasteiger charge is 2.34. The molecule has 1 aromatic rings. The van der Waals surface area contributed by atoms with Gasteiger partial charge in [-0.3, -0.25) is 4.79 Å². The van der Waals surface area contributed by atoms with Crippen molar-refractivity contribution in [3.8, 4) is 0 Å². The number of rotatable bonds is 2. The van der Waals surface area contributed by atoms with Crippen molar-refractivity contribution in [1.29, 1.82) is 0 Å². The first-order valence-corrected chi connectivity index (χ1v) is 4.34. The van der Waals surface area contributed by atoms with Crippen LogP contribution in [0.1, 0.15) is 6.42 Å². The summed E-state index contributed by atoms with van der Waals surface area (Å²) in [5, 5.41) is 0. The van der Waals surface area contributed by atoms with Crippen molar-refractivity contribution in [3.05, 3.63) is 18.1 Å². The Kier molecular flexibility index (Phi) is 2.22. The van der Waals surface area contributed by atoms with Crippen LogP contribution < -0.4 is 10.6 Å². The molecule has 2 N–H and O–H groups in total. The normalized spacial score (nSPS) is 19.9. The van der Waals surface area contributed by atoms with Crippen LogP contribution >= 0.6 is 0 Å². The molecule has 0 aliphatic carbocycles. The lowest BCUT2D eigenvalue weighted by Gasteiger charge is -2.39. The Bertz CT molecular complexity index is 391. The number of carbonyl (C=O) groups is 1. The maximum absolute atomic E-state index is 12.7. The van der Waals surface area contributed by atoms with Gasteiger partial charge in [0.2, 0.25) is 11.9 Å². The molecule has 0 spiro atoms. The Morgan fingerprint density at radius 3 is 2.73 bits per heavy atom. The number of nitrogens with zero attached hydrogens (tertiary/aromatic N) is 3. The van der Waals surface area contributed by atoms with E-state index < -0.39 is 24.0 Å². The standard InChI is InChI=1S/C8H8F2N4O/c9-5-3-6(13-8(10)12-5)14-2-1-4(14)7(11)15/h3-4H,1-2H2,(H2,11,15). The number of hydrogen-bond acceptors (Lipinski definition) is 4. The van der Waals surface area contributed by atoms with E-state index in [4.69, 9.17) is 5.73 Å². The Balaban J connectivity index is 2.26. The predicted molar refractivity (Wildman–Crippen MR) is 46.9 cm³/mol. The van der Waals surface area contributed by atoms with E-state index in [9.17, 15) is 13.6 Å². The Labute approximate surface area is 83.9 Å². The van der Waals surface area contributed by atoms with Crippen molar-refractivity contribution in [2.24, 2.45) is 5.73 Å². The molecular formula is C8H8F2N4O. The lowest BCUT2D eigenvalue weighted by atomic mass is 10.0. The number of nitrogens with two attached hydrogens (primary N) is 1. The van der Waals surface area contributed by atoms with E-state index in [0.29, 0.717) is 13.0 Å². The quantitative estimate of drug-likeness (QED) is 0.547. The van der Waals surface area contributed by atoms with Crippen molar-refractivity contribution >= 4 is 11.7 Å². The molecule has 2 rings (SSSR count). The van der Waals surface area contributed by atoms with E-state index in [1.807, 2.05) is 0 Å². The third-order valence-electron chi connectivity index (χ3n) is 2.30. The summed E-state index contributed by atoms with van der Waals surface area (Å²) in [6.07, 6.45) is -0.581. The summed E-state index contributed by atoms with van der Waals surface area (Å²) in [5.41, 5.74) is 5.09. The highest BCUT2D eigenvalue weighted by Crippen LogP contribution is 2.24. The smallest absolute Gasteiger partial charge is 0.313 e. The minimum atomic E-state index is -1.15. The fourth-order valence-electron chi connectivity index (χ4n) is 1.48. The van der Waals surface area contributed by atoms with E-state index in [1.165, 1.54) is 4.90 Å². The molecule has 1 aromatic heterocycles. The summed E-state index contributed by atoms with van der Waals surface area (Å²) in [6, 6.07) is 0.441. The molecule has 0 radical (unpaired) electrons. The molecule has 0 saturated carbocycles. The highest BCUT2D eigenvalue weighted by atomic mass is 19.1. The second-order valence-corrected chi connectivity index (χ2v) is 3.22. The maximum Gasteiger partial charge on any atom is 0.313 e. The molecule has 15 heavy (non-hydrogen) atoms. The lowest BCUT2D eigenvalue weighted by molar-refractivity contribution is -0.120. The Morgan fingerprint density at radius 2 is 2.27 bits per heavy atom. The molecule has 1 unspecified atom stereocenters.